The van der Waals surface area contributed by atoms with Crippen LogP contribution in [-0.4, -0.2) is 24.5 Å². The predicted octanol–water partition coefficient (Wildman–Crippen LogP) is 1.06. The maximum absolute atomic E-state index is 11.7. The summed E-state index contributed by atoms with van der Waals surface area (Å²) in [4.78, 5) is 23.5. The summed E-state index contributed by atoms with van der Waals surface area (Å²) in [7, 11) is 0. The number of carbonyl (C=O) groups is 2. The van der Waals surface area contributed by atoms with Crippen molar-refractivity contribution in [3.8, 4) is 0 Å². The minimum Gasteiger partial charge on any atom is -0.463 e. The van der Waals surface area contributed by atoms with Crippen LogP contribution in [0.2, 0.25) is 0 Å². The van der Waals surface area contributed by atoms with Crippen LogP contribution in [0.1, 0.15) is 50.8 Å². The van der Waals surface area contributed by atoms with Gasteiger partial charge in [0.25, 0.3) is 5.91 Å². The highest BCUT2D eigenvalue weighted by Crippen LogP contribution is 2.17. The molecule has 1 aromatic heterocycles. The third-order valence-electron chi connectivity index (χ3n) is 3.84. The lowest BCUT2D eigenvalue weighted by atomic mass is 9.96. The summed E-state index contributed by atoms with van der Waals surface area (Å²) >= 11 is 0. The lowest BCUT2D eigenvalue weighted by Gasteiger charge is -2.22. The van der Waals surface area contributed by atoms with Crippen molar-refractivity contribution in [3.63, 3.8) is 0 Å². The maximum Gasteiger partial charge on any atom is 0.321 e. The molecule has 6 nitrogen and oxygen atoms in total. The van der Waals surface area contributed by atoms with Gasteiger partial charge in [0.1, 0.15) is 6.04 Å². The van der Waals surface area contributed by atoms with Crippen molar-refractivity contribution in [2.75, 3.05) is 6.54 Å². The molecule has 1 heterocycles. The molecule has 1 aromatic rings. The zero-order valence-corrected chi connectivity index (χ0v) is 12.4. The third-order valence-corrected chi connectivity index (χ3v) is 3.84. The lowest BCUT2D eigenvalue weighted by Crippen LogP contribution is -2.87. The highest BCUT2D eigenvalue weighted by Gasteiger charge is 2.18. The predicted molar refractivity (Wildman–Crippen MR) is 77.5 cm³/mol. The number of hydrogen-bond acceptors (Lipinski definition) is 3. The normalized spacial score (nSPS) is 17.2. The van der Waals surface area contributed by atoms with Gasteiger partial charge >= 0.3 is 6.03 Å². The Hall–Kier alpha value is -1.82. The number of quaternary nitrogens is 1. The first kappa shape index (κ1) is 15.6. The van der Waals surface area contributed by atoms with Crippen molar-refractivity contribution in [1.29, 1.82) is 0 Å². The zero-order valence-electron chi connectivity index (χ0n) is 12.4. The summed E-state index contributed by atoms with van der Waals surface area (Å²) < 4.78 is 5.27. The summed E-state index contributed by atoms with van der Waals surface area (Å²) in [6.07, 6.45) is 7.14. The minimum atomic E-state index is -0.383. The van der Waals surface area contributed by atoms with Gasteiger partial charge in [0, 0.05) is 6.04 Å². The van der Waals surface area contributed by atoms with Gasteiger partial charge in [0.2, 0.25) is 0 Å². The molecule has 0 aromatic carbocycles. The molecule has 4 N–H and O–H groups in total. The van der Waals surface area contributed by atoms with E-state index in [1.165, 1.54) is 6.42 Å². The molecule has 1 saturated carbocycles. The van der Waals surface area contributed by atoms with Crippen LogP contribution in [0.5, 0.6) is 0 Å². The van der Waals surface area contributed by atoms with Gasteiger partial charge in [-0.3, -0.25) is 10.1 Å². The van der Waals surface area contributed by atoms with Crippen LogP contribution < -0.4 is 16.0 Å². The molecule has 21 heavy (non-hydrogen) atoms. The topological polar surface area (TPSA) is 88.0 Å². The van der Waals surface area contributed by atoms with Crippen molar-refractivity contribution in [3.05, 3.63) is 24.2 Å². The average Bonchev–Trinajstić information content (AvgIpc) is 3.00. The first-order valence-corrected chi connectivity index (χ1v) is 7.62. The molecule has 1 atom stereocenters. The number of amides is 3. The van der Waals surface area contributed by atoms with Gasteiger partial charge < -0.3 is 15.1 Å². The highest BCUT2D eigenvalue weighted by molar-refractivity contribution is 5.94. The Morgan fingerprint density at radius 1 is 1.38 bits per heavy atom. The fourth-order valence-corrected chi connectivity index (χ4v) is 2.60. The number of nitrogens with one attached hydrogen (secondary N) is 2. The van der Waals surface area contributed by atoms with E-state index in [4.69, 9.17) is 4.42 Å². The van der Waals surface area contributed by atoms with E-state index in [0.717, 1.165) is 31.4 Å². The van der Waals surface area contributed by atoms with Crippen molar-refractivity contribution in [1.82, 2.24) is 10.6 Å². The quantitative estimate of drug-likeness (QED) is 0.759. The van der Waals surface area contributed by atoms with Crippen LogP contribution in [0.4, 0.5) is 4.79 Å². The second-order valence-electron chi connectivity index (χ2n) is 5.60. The minimum absolute atomic E-state index is 0.0483. The van der Waals surface area contributed by atoms with Crippen LogP contribution in [0.25, 0.3) is 0 Å². The Morgan fingerprint density at radius 3 is 2.81 bits per heavy atom. The van der Waals surface area contributed by atoms with Crippen molar-refractivity contribution >= 4 is 11.9 Å². The second-order valence-corrected chi connectivity index (χ2v) is 5.60. The summed E-state index contributed by atoms with van der Waals surface area (Å²) in [5.74, 6) is 0.524. The molecule has 1 fully saturated rings. The Bertz CT molecular complexity index is 453. The fraction of sp³-hybridized carbons (Fsp3) is 0.600. The Morgan fingerprint density at radius 2 is 2.14 bits per heavy atom. The molecule has 2 rings (SSSR count). The highest BCUT2D eigenvalue weighted by atomic mass is 16.3. The first-order chi connectivity index (χ1) is 10.1. The van der Waals surface area contributed by atoms with Gasteiger partial charge in [-0.25, -0.2) is 4.79 Å². The Balaban J connectivity index is 1.65. The molecule has 0 spiro atoms. The summed E-state index contributed by atoms with van der Waals surface area (Å²) in [5.41, 5.74) is 0. The monoisotopic (exact) mass is 294 g/mol. The smallest absolute Gasteiger partial charge is 0.321 e. The van der Waals surface area contributed by atoms with E-state index >= 15 is 0 Å². The molecular weight excluding hydrogens is 270 g/mol. The van der Waals surface area contributed by atoms with Gasteiger partial charge in [-0.15, -0.1) is 0 Å². The molecule has 0 bridgehead atoms. The molecule has 1 aliphatic carbocycles. The molecular formula is C15H24N3O3+. The van der Waals surface area contributed by atoms with Crippen molar-refractivity contribution in [2.24, 2.45) is 0 Å². The SMILES string of the molecule is C[C@H]([NH2+]CC(=O)NC(=O)NC1CCCCC1)c1ccco1. The lowest BCUT2D eigenvalue weighted by molar-refractivity contribution is -0.684. The molecule has 0 radical (unpaired) electrons. The zero-order chi connectivity index (χ0) is 15.1. The summed E-state index contributed by atoms with van der Waals surface area (Å²) in [6.45, 7) is 2.15. The molecule has 0 saturated heterocycles. The molecule has 6 heteroatoms. The molecule has 3 amide bonds. The van der Waals surface area contributed by atoms with Gasteiger partial charge in [0.05, 0.1) is 6.26 Å². The van der Waals surface area contributed by atoms with E-state index in [1.807, 2.05) is 24.4 Å². The van der Waals surface area contributed by atoms with Gasteiger partial charge in [-0.05, 0) is 31.9 Å². The summed E-state index contributed by atoms with van der Waals surface area (Å²) in [6, 6.07) is 3.56. The number of rotatable bonds is 5. The standard InChI is InChI=1S/C15H23N3O3/c1-11(13-8-5-9-21-13)16-10-14(19)18-15(20)17-12-6-3-2-4-7-12/h5,8-9,11-12,16H,2-4,6-7,10H2,1H3,(H2,17,18,19,20)/p+1/t11-/m0/s1. The van der Waals surface area contributed by atoms with Gasteiger partial charge in [-0.2, -0.15) is 0 Å². The molecule has 1 aliphatic rings. The summed E-state index contributed by atoms with van der Waals surface area (Å²) in [5, 5.41) is 7.07. The van der Waals surface area contributed by atoms with E-state index in [0.29, 0.717) is 0 Å². The van der Waals surface area contributed by atoms with E-state index in [1.54, 1.807) is 6.26 Å². The first-order valence-electron chi connectivity index (χ1n) is 7.62. The van der Waals surface area contributed by atoms with Gasteiger partial charge in [-0.1, -0.05) is 19.3 Å². The average molecular weight is 294 g/mol. The van der Waals surface area contributed by atoms with Crippen molar-refractivity contribution in [2.45, 2.75) is 51.1 Å². The van der Waals surface area contributed by atoms with Crippen LogP contribution in [0.3, 0.4) is 0 Å². The van der Waals surface area contributed by atoms with E-state index in [-0.39, 0.29) is 30.6 Å². The van der Waals surface area contributed by atoms with Crippen LogP contribution in [-0.2, 0) is 4.79 Å². The largest absolute Gasteiger partial charge is 0.463 e. The molecule has 0 aliphatic heterocycles. The fourth-order valence-electron chi connectivity index (χ4n) is 2.60. The Kier molecular flexibility index (Phi) is 5.80. The van der Waals surface area contributed by atoms with Crippen LogP contribution >= 0.6 is 0 Å². The van der Waals surface area contributed by atoms with E-state index < -0.39 is 0 Å². The number of imide groups is 1. The second kappa shape index (κ2) is 7.83. The van der Waals surface area contributed by atoms with Crippen LogP contribution in [0.15, 0.2) is 22.8 Å². The number of nitrogens with two attached hydrogens (primary N) is 1. The number of urea groups is 1. The van der Waals surface area contributed by atoms with Crippen molar-refractivity contribution < 1.29 is 19.3 Å². The number of hydrogen-bond donors (Lipinski definition) is 3. The van der Waals surface area contributed by atoms with Gasteiger partial charge in [0.15, 0.2) is 12.3 Å². The third kappa shape index (κ3) is 5.23. The van der Waals surface area contributed by atoms with E-state index in [9.17, 15) is 9.59 Å². The Labute approximate surface area is 124 Å². The molecule has 0 unspecified atom stereocenters. The number of furan rings is 1. The van der Waals surface area contributed by atoms with Crippen LogP contribution in [0, 0.1) is 0 Å². The van der Waals surface area contributed by atoms with E-state index in [2.05, 4.69) is 10.6 Å². The number of carbonyl (C=O) groups excluding carboxylic acids is 2. The maximum atomic E-state index is 11.7. The molecule has 116 valence electrons.